The molecule has 0 aromatic heterocycles. The summed E-state index contributed by atoms with van der Waals surface area (Å²) in [4.78, 5) is 22.4. The fourth-order valence-corrected chi connectivity index (χ4v) is 2.81. The lowest BCUT2D eigenvalue weighted by Crippen LogP contribution is -2.38. The molecule has 0 radical (unpaired) electrons. The van der Waals surface area contributed by atoms with Gasteiger partial charge in [0.1, 0.15) is 11.7 Å². The normalized spacial score (nSPS) is 25.8. The summed E-state index contributed by atoms with van der Waals surface area (Å²) < 4.78 is 26.9. The standard InChI is InChI=1S/C8H12O5S/c1-2-13-8(10)6-5-14(11,12)4-3-7(6)9/h6H,2-5H2,1H3/t6-/m0/s1. The average Bonchev–Trinajstić information content (AvgIpc) is 2.10. The largest absolute Gasteiger partial charge is 0.465 e. The first-order chi connectivity index (χ1) is 6.46. The number of carbonyl (C=O) groups is 2. The molecule has 80 valence electrons. The molecule has 0 unspecified atom stereocenters. The van der Waals surface area contributed by atoms with Crippen LogP contribution in [-0.4, -0.2) is 38.3 Å². The summed E-state index contributed by atoms with van der Waals surface area (Å²) in [7, 11) is -3.25. The second-order valence-corrected chi connectivity index (χ2v) is 5.36. The average molecular weight is 220 g/mol. The van der Waals surface area contributed by atoms with Gasteiger partial charge in [-0.05, 0) is 6.92 Å². The maximum Gasteiger partial charge on any atom is 0.317 e. The van der Waals surface area contributed by atoms with Gasteiger partial charge in [-0.2, -0.15) is 0 Å². The summed E-state index contributed by atoms with van der Waals surface area (Å²) >= 11 is 0. The van der Waals surface area contributed by atoms with Crippen LogP contribution in [0.3, 0.4) is 0 Å². The topological polar surface area (TPSA) is 77.5 Å². The minimum Gasteiger partial charge on any atom is -0.465 e. The Balaban J connectivity index is 2.76. The summed E-state index contributed by atoms with van der Waals surface area (Å²) in [6.07, 6.45) is -0.0776. The third-order valence-electron chi connectivity index (χ3n) is 2.04. The summed E-state index contributed by atoms with van der Waals surface area (Å²) in [6.45, 7) is 1.77. The monoisotopic (exact) mass is 220 g/mol. The van der Waals surface area contributed by atoms with Crippen LogP contribution in [0.15, 0.2) is 0 Å². The maximum atomic E-state index is 11.2. The van der Waals surface area contributed by atoms with Gasteiger partial charge in [-0.25, -0.2) is 8.42 Å². The predicted octanol–water partition coefficient (Wildman–Crippen LogP) is -0.447. The number of esters is 1. The van der Waals surface area contributed by atoms with Gasteiger partial charge in [-0.15, -0.1) is 0 Å². The molecule has 1 saturated heterocycles. The van der Waals surface area contributed by atoms with Crippen molar-refractivity contribution in [2.24, 2.45) is 5.92 Å². The van der Waals surface area contributed by atoms with E-state index in [1.165, 1.54) is 0 Å². The van der Waals surface area contributed by atoms with Crippen molar-refractivity contribution < 1.29 is 22.7 Å². The van der Waals surface area contributed by atoms with Crippen LogP contribution in [-0.2, 0) is 24.2 Å². The molecule has 0 aromatic rings. The first kappa shape index (κ1) is 11.2. The maximum absolute atomic E-state index is 11.2. The second-order valence-electron chi connectivity index (χ2n) is 3.14. The number of hydrogen-bond acceptors (Lipinski definition) is 5. The molecule has 1 heterocycles. The molecule has 6 heteroatoms. The Bertz CT molecular complexity index is 343. The van der Waals surface area contributed by atoms with E-state index in [0.717, 1.165) is 0 Å². The summed E-state index contributed by atoms with van der Waals surface area (Å²) in [5.41, 5.74) is 0. The van der Waals surface area contributed by atoms with Gasteiger partial charge >= 0.3 is 5.97 Å². The van der Waals surface area contributed by atoms with Gasteiger partial charge < -0.3 is 4.74 Å². The highest BCUT2D eigenvalue weighted by Crippen LogP contribution is 2.16. The van der Waals surface area contributed by atoms with Crippen LogP contribution in [0.1, 0.15) is 13.3 Å². The quantitative estimate of drug-likeness (QED) is 0.465. The molecule has 1 aliphatic heterocycles. The fraction of sp³-hybridized carbons (Fsp3) is 0.750. The van der Waals surface area contributed by atoms with Crippen LogP contribution >= 0.6 is 0 Å². The number of Topliss-reactive ketones (excluding diaryl/α,β-unsaturated/α-hetero) is 1. The molecule has 0 bridgehead atoms. The van der Waals surface area contributed by atoms with Crippen LogP contribution in [0.5, 0.6) is 0 Å². The first-order valence-electron chi connectivity index (χ1n) is 4.36. The number of ether oxygens (including phenoxy) is 1. The van der Waals surface area contributed by atoms with Crippen molar-refractivity contribution in [3.63, 3.8) is 0 Å². The summed E-state index contributed by atoms with van der Waals surface area (Å²) in [5.74, 6) is -2.71. The Morgan fingerprint density at radius 2 is 2.21 bits per heavy atom. The van der Waals surface area contributed by atoms with Gasteiger partial charge in [0, 0.05) is 6.42 Å². The minimum absolute atomic E-state index is 0.0776. The van der Waals surface area contributed by atoms with E-state index in [0.29, 0.717) is 0 Å². The highest BCUT2D eigenvalue weighted by molar-refractivity contribution is 7.91. The number of ketones is 1. The lowest BCUT2D eigenvalue weighted by atomic mass is 10.0. The number of carbonyl (C=O) groups excluding carboxylic acids is 2. The Morgan fingerprint density at radius 3 is 2.79 bits per heavy atom. The van der Waals surface area contributed by atoms with E-state index in [1.54, 1.807) is 6.92 Å². The Kier molecular flexibility index (Phi) is 3.25. The van der Waals surface area contributed by atoms with Gasteiger partial charge in [-0.3, -0.25) is 9.59 Å². The fourth-order valence-electron chi connectivity index (χ4n) is 1.30. The third kappa shape index (κ3) is 2.54. The van der Waals surface area contributed by atoms with Crippen molar-refractivity contribution in [3.8, 4) is 0 Å². The molecule has 1 rings (SSSR count). The van der Waals surface area contributed by atoms with Gasteiger partial charge in [0.2, 0.25) is 0 Å². The molecule has 0 spiro atoms. The smallest absolute Gasteiger partial charge is 0.317 e. The van der Waals surface area contributed by atoms with E-state index in [2.05, 4.69) is 4.74 Å². The molecule has 0 saturated carbocycles. The Hall–Kier alpha value is -0.910. The number of rotatable bonds is 2. The number of hydrogen-bond donors (Lipinski definition) is 0. The zero-order valence-electron chi connectivity index (χ0n) is 7.86. The van der Waals surface area contributed by atoms with E-state index >= 15 is 0 Å². The van der Waals surface area contributed by atoms with Crippen LogP contribution < -0.4 is 0 Å². The van der Waals surface area contributed by atoms with Crippen molar-refractivity contribution in [2.45, 2.75) is 13.3 Å². The Morgan fingerprint density at radius 1 is 1.57 bits per heavy atom. The molecule has 0 aromatic carbocycles. The van der Waals surface area contributed by atoms with Gasteiger partial charge in [-0.1, -0.05) is 0 Å². The lowest BCUT2D eigenvalue weighted by Gasteiger charge is -2.18. The SMILES string of the molecule is CCOC(=O)[C@H]1CS(=O)(=O)CCC1=O. The zero-order chi connectivity index (χ0) is 10.8. The molecular weight excluding hydrogens is 208 g/mol. The molecular formula is C8H12O5S. The van der Waals surface area contributed by atoms with E-state index in [9.17, 15) is 18.0 Å². The summed E-state index contributed by atoms with van der Waals surface area (Å²) in [6, 6.07) is 0. The summed E-state index contributed by atoms with van der Waals surface area (Å²) in [5, 5.41) is 0. The van der Waals surface area contributed by atoms with Crippen molar-refractivity contribution in [1.82, 2.24) is 0 Å². The Labute approximate surface area is 82.4 Å². The van der Waals surface area contributed by atoms with Crippen molar-refractivity contribution in [3.05, 3.63) is 0 Å². The molecule has 1 fully saturated rings. The minimum atomic E-state index is -3.25. The molecule has 1 aliphatic rings. The van der Waals surface area contributed by atoms with E-state index in [4.69, 9.17) is 0 Å². The molecule has 5 nitrogen and oxygen atoms in total. The molecule has 1 atom stereocenters. The second kappa shape index (κ2) is 4.08. The first-order valence-corrected chi connectivity index (χ1v) is 6.18. The molecule has 0 aliphatic carbocycles. The molecule has 0 N–H and O–H groups in total. The highest BCUT2D eigenvalue weighted by Gasteiger charge is 2.37. The van der Waals surface area contributed by atoms with E-state index < -0.39 is 27.5 Å². The van der Waals surface area contributed by atoms with Crippen molar-refractivity contribution in [2.75, 3.05) is 18.1 Å². The van der Waals surface area contributed by atoms with Crippen LogP contribution in [0.25, 0.3) is 0 Å². The highest BCUT2D eigenvalue weighted by atomic mass is 32.2. The van der Waals surface area contributed by atoms with Crippen LogP contribution in [0.4, 0.5) is 0 Å². The van der Waals surface area contributed by atoms with Crippen molar-refractivity contribution in [1.29, 1.82) is 0 Å². The van der Waals surface area contributed by atoms with Crippen molar-refractivity contribution >= 4 is 21.6 Å². The van der Waals surface area contributed by atoms with Crippen LogP contribution in [0, 0.1) is 5.92 Å². The van der Waals surface area contributed by atoms with E-state index in [-0.39, 0.29) is 24.6 Å². The molecule has 14 heavy (non-hydrogen) atoms. The third-order valence-corrected chi connectivity index (χ3v) is 3.71. The molecule has 0 amide bonds. The van der Waals surface area contributed by atoms with Gasteiger partial charge in [0.15, 0.2) is 9.84 Å². The van der Waals surface area contributed by atoms with Crippen LogP contribution in [0.2, 0.25) is 0 Å². The predicted molar refractivity (Wildman–Crippen MR) is 48.4 cm³/mol. The zero-order valence-corrected chi connectivity index (χ0v) is 8.67. The van der Waals surface area contributed by atoms with Gasteiger partial charge in [0.05, 0.1) is 18.1 Å². The lowest BCUT2D eigenvalue weighted by molar-refractivity contribution is -0.150. The van der Waals surface area contributed by atoms with Gasteiger partial charge in [0.25, 0.3) is 0 Å². The number of sulfone groups is 1. The van der Waals surface area contributed by atoms with E-state index in [1.807, 2.05) is 0 Å².